The van der Waals surface area contributed by atoms with E-state index in [0.717, 1.165) is 19.4 Å². The maximum Gasteiger partial charge on any atom is 0.292 e. The SMILES string of the molecule is Cn1cccc1[C@H]1CCC[NH+]1CC(=O)Nc1ccccc1[N+](=O)[O-]. The van der Waals surface area contributed by atoms with Gasteiger partial charge in [0.2, 0.25) is 0 Å². The van der Waals surface area contributed by atoms with Gasteiger partial charge in [0, 0.05) is 32.2 Å². The van der Waals surface area contributed by atoms with Crippen LogP contribution in [0.4, 0.5) is 11.4 Å². The summed E-state index contributed by atoms with van der Waals surface area (Å²) in [6.45, 7) is 1.24. The Labute approximate surface area is 140 Å². The third kappa shape index (κ3) is 3.30. The molecule has 7 nitrogen and oxygen atoms in total. The number of amides is 1. The number of nitrogens with one attached hydrogen (secondary N) is 2. The third-order valence-corrected chi connectivity index (χ3v) is 4.59. The van der Waals surface area contributed by atoms with Crippen LogP contribution in [-0.4, -0.2) is 28.5 Å². The number of hydrogen-bond donors (Lipinski definition) is 2. The fraction of sp³-hybridized carbons (Fsp3) is 0.353. The Morgan fingerprint density at radius 3 is 2.88 bits per heavy atom. The van der Waals surface area contributed by atoms with Crippen LogP contribution in [0, 0.1) is 10.1 Å². The predicted molar refractivity (Wildman–Crippen MR) is 89.8 cm³/mol. The number of benzene rings is 1. The maximum atomic E-state index is 12.4. The van der Waals surface area contributed by atoms with E-state index in [1.54, 1.807) is 18.2 Å². The zero-order valence-electron chi connectivity index (χ0n) is 13.6. The number of likely N-dealkylation sites (tertiary alicyclic amines) is 1. The highest BCUT2D eigenvalue weighted by molar-refractivity contribution is 5.93. The zero-order chi connectivity index (χ0) is 17.1. The normalized spacial score (nSPS) is 20.0. The molecule has 1 unspecified atom stereocenters. The van der Waals surface area contributed by atoms with Crippen molar-refractivity contribution in [2.45, 2.75) is 18.9 Å². The summed E-state index contributed by atoms with van der Waals surface area (Å²) < 4.78 is 2.09. The Morgan fingerprint density at radius 2 is 2.17 bits per heavy atom. The second kappa shape index (κ2) is 6.84. The minimum Gasteiger partial charge on any atom is -0.350 e. The Kier molecular flexibility index (Phi) is 4.61. The van der Waals surface area contributed by atoms with E-state index in [-0.39, 0.29) is 17.3 Å². The molecule has 2 aromatic rings. The number of para-hydroxylation sites is 2. The summed E-state index contributed by atoms with van der Waals surface area (Å²) in [5, 5.41) is 13.7. The van der Waals surface area contributed by atoms with Gasteiger partial charge < -0.3 is 14.8 Å². The molecule has 2 heterocycles. The molecular formula is C17H21N4O3+. The summed E-state index contributed by atoms with van der Waals surface area (Å²) in [5.74, 6) is -0.194. The lowest BCUT2D eigenvalue weighted by molar-refractivity contribution is -0.910. The number of nitro benzene ring substituents is 1. The minimum absolute atomic E-state index is 0.0822. The average molecular weight is 329 g/mol. The van der Waals surface area contributed by atoms with Crippen molar-refractivity contribution in [1.82, 2.24) is 4.57 Å². The number of aryl methyl sites for hydroxylation is 1. The van der Waals surface area contributed by atoms with Gasteiger partial charge in [-0.15, -0.1) is 0 Å². The number of hydrogen-bond acceptors (Lipinski definition) is 3. The lowest BCUT2D eigenvalue weighted by atomic mass is 10.1. The van der Waals surface area contributed by atoms with Crippen LogP contribution >= 0.6 is 0 Å². The van der Waals surface area contributed by atoms with E-state index < -0.39 is 4.92 Å². The van der Waals surface area contributed by atoms with Crippen molar-refractivity contribution in [2.24, 2.45) is 7.05 Å². The third-order valence-electron chi connectivity index (χ3n) is 4.59. The van der Waals surface area contributed by atoms with Crippen molar-refractivity contribution >= 4 is 17.3 Å². The first-order valence-corrected chi connectivity index (χ1v) is 8.05. The molecule has 1 fully saturated rings. The molecule has 1 saturated heterocycles. The summed E-state index contributed by atoms with van der Waals surface area (Å²) in [7, 11) is 2.01. The molecule has 0 bridgehead atoms. The number of quaternary nitrogens is 1. The highest BCUT2D eigenvalue weighted by Crippen LogP contribution is 2.23. The second-order valence-electron chi connectivity index (χ2n) is 6.15. The lowest BCUT2D eigenvalue weighted by Crippen LogP contribution is -3.11. The summed E-state index contributed by atoms with van der Waals surface area (Å²) in [4.78, 5) is 24.1. The number of carbonyl (C=O) groups is 1. The predicted octanol–water partition coefficient (Wildman–Crippen LogP) is 1.29. The van der Waals surface area contributed by atoms with E-state index in [0.29, 0.717) is 12.6 Å². The van der Waals surface area contributed by atoms with E-state index in [2.05, 4.69) is 16.0 Å². The highest BCUT2D eigenvalue weighted by Gasteiger charge is 2.33. The molecule has 1 aromatic heterocycles. The molecule has 7 heteroatoms. The minimum atomic E-state index is -0.481. The van der Waals surface area contributed by atoms with Crippen molar-refractivity contribution in [1.29, 1.82) is 0 Å². The molecule has 126 valence electrons. The van der Waals surface area contributed by atoms with E-state index >= 15 is 0 Å². The van der Waals surface area contributed by atoms with Crippen LogP contribution in [0.1, 0.15) is 24.6 Å². The lowest BCUT2D eigenvalue weighted by Gasteiger charge is -2.21. The molecule has 0 aliphatic carbocycles. The summed E-state index contributed by atoms with van der Waals surface area (Å²) in [5.41, 5.74) is 1.39. The van der Waals surface area contributed by atoms with Gasteiger partial charge in [-0.3, -0.25) is 14.9 Å². The summed E-state index contributed by atoms with van der Waals surface area (Å²) in [6.07, 6.45) is 4.13. The average Bonchev–Trinajstić information content (AvgIpc) is 3.16. The molecule has 1 aromatic carbocycles. The first-order chi connectivity index (χ1) is 11.6. The van der Waals surface area contributed by atoms with Crippen LogP contribution in [0.2, 0.25) is 0 Å². The Bertz CT molecular complexity index is 756. The van der Waals surface area contributed by atoms with Gasteiger partial charge in [0.1, 0.15) is 11.7 Å². The van der Waals surface area contributed by atoms with Crippen molar-refractivity contribution < 1.29 is 14.6 Å². The smallest absolute Gasteiger partial charge is 0.292 e. The van der Waals surface area contributed by atoms with Crippen molar-refractivity contribution in [3.05, 3.63) is 58.4 Å². The van der Waals surface area contributed by atoms with Crippen molar-refractivity contribution in [3.8, 4) is 0 Å². The molecule has 0 spiro atoms. The first kappa shape index (κ1) is 16.2. The van der Waals surface area contributed by atoms with Crippen LogP contribution < -0.4 is 10.2 Å². The van der Waals surface area contributed by atoms with Gasteiger partial charge in [0.25, 0.3) is 11.6 Å². The van der Waals surface area contributed by atoms with Crippen LogP contribution in [0.25, 0.3) is 0 Å². The molecular weight excluding hydrogens is 308 g/mol. The van der Waals surface area contributed by atoms with Crippen molar-refractivity contribution in [3.63, 3.8) is 0 Å². The largest absolute Gasteiger partial charge is 0.350 e. The molecule has 2 N–H and O–H groups in total. The number of carbonyl (C=O) groups excluding carboxylic acids is 1. The monoisotopic (exact) mass is 329 g/mol. The van der Waals surface area contributed by atoms with Gasteiger partial charge in [-0.2, -0.15) is 0 Å². The first-order valence-electron chi connectivity index (χ1n) is 8.05. The second-order valence-corrected chi connectivity index (χ2v) is 6.15. The van der Waals surface area contributed by atoms with Crippen LogP contribution in [0.3, 0.4) is 0 Å². The van der Waals surface area contributed by atoms with Gasteiger partial charge >= 0.3 is 0 Å². The molecule has 1 amide bonds. The number of anilines is 1. The Morgan fingerprint density at radius 1 is 1.38 bits per heavy atom. The number of nitrogens with zero attached hydrogens (tertiary/aromatic N) is 2. The highest BCUT2D eigenvalue weighted by atomic mass is 16.6. The van der Waals surface area contributed by atoms with Gasteiger partial charge in [-0.25, -0.2) is 0 Å². The van der Waals surface area contributed by atoms with Gasteiger partial charge in [0.05, 0.1) is 17.2 Å². The molecule has 1 aliphatic heterocycles. The quantitative estimate of drug-likeness (QED) is 0.641. The number of nitro groups is 1. The van der Waals surface area contributed by atoms with Crippen LogP contribution in [0.15, 0.2) is 42.6 Å². The van der Waals surface area contributed by atoms with E-state index in [4.69, 9.17) is 0 Å². The zero-order valence-corrected chi connectivity index (χ0v) is 13.6. The van der Waals surface area contributed by atoms with Crippen molar-refractivity contribution in [2.75, 3.05) is 18.4 Å². The summed E-state index contributed by atoms with van der Waals surface area (Å²) in [6, 6.07) is 10.6. The van der Waals surface area contributed by atoms with Gasteiger partial charge in [-0.05, 0) is 18.2 Å². The Hall–Kier alpha value is -2.67. The fourth-order valence-corrected chi connectivity index (χ4v) is 3.46. The van der Waals surface area contributed by atoms with Crippen LogP contribution in [0.5, 0.6) is 0 Å². The maximum absolute atomic E-state index is 12.4. The fourth-order valence-electron chi connectivity index (χ4n) is 3.46. The molecule has 0 saturated carbocycles. The van der Waals surface area contributed by atoms with E-state index in [9.17, 15) is 14.9 Å². The van der Waals surface area contributed by atoms with E-state index in [1.165, 1.54) is 16.7 Å². The van der Waals surface area contributed by atoms with Crippen LogP contribution in [-0.2, 0) is 11.8 Å². The molecule has 24 heavy (non-hydrogen) atoms. The standard InChI is InChI=1S/C17H20N4O3/c1-19-10-4-8-15(19)16-9-5-11-20(16)12-17(22)18-13-6-2-3-7-14(13)21(23)24/h2-4,6-8,10,16H,5,9,11-12H2,1H3,(H,18,22)/p+1/t16-/m1/s1. The van der Waals surface area contributed by atoms with Gasteiger partial charge in [0.15, 0.2) is 6.54 Å². The Balaban J connectivity index is 1.69. The molecule has 3 rings (SSSR count). The van der Waals surface area contributed by atoms with Gasteiger partial charge in [-0.1, -0.05) is 12.1 Å². The topological polar surface area (TPSA) is 81.6 Å². The molecule has 0 radical (unpaired) electrons. The number of rotatable bonds is 5. The molecule has 2 atom stereocenters. The number of aromatic nitrogens is 1. The summed E-state index contributed by atoms with van der Waals surface area (Å²) >= 11 is 0. The van der Waals surface area contributed by atoms with E-state index in [1.807, 2.05) is 19.3 Å². The molecule has 1 aliphatic rings.